The Kier molecular flexibility index (Phi) is 4.35. The Morgan fingerprint density at radius 2 is 1.83 bits per heavy atom. The van der Waals surface area contributed by atoms with E-state index in [0.717, 1.165) is 19.0 Å². The molecule has 0 aromatic carbocycles. The van der Waals surface area contributed by atoms with Gasteiger partial charge < -0.3 is 15.5 Å². The molecule has 1 aliphatic carbocycles. The quantitative estimate of drug-likeness (QED) is 0.728. The topological polar surface area (TPSA) is 27.3 Å². The van der Waals surface area contributed by atoms with Gasteiger partial charge in [-0.25, -0.2) is 0 Å². The molecule has 1 saturated carbocycles. The molecule has 1 heterocycles. The molecule has 2 aliphatic rings. The fourth-order valence-electron chi connectivity index (χ4n) is 3.45. The molecular formula is C15H31N3. The van der Waals surface area contributed by atoms with Gasteiger partial charge in [-0.1, -0.05) is 27.7 Å². The first-order chi connectivity index (χ1) is 8.46. The summed E-state index contributed by atoms with van der Waals surface area (Å²) in [6.45, 7) is 18.0. The summed E-state index contributed by atoms with van der Waals surface area (Å²) in [6.07, 6.45) is 1.29. The van der Waals surface area contributed by atoms with Gasteiger partial charge in [0.2, 0.25) is 0 Å². The molecule has 0 spiro atoms. The van der Waals surface area contributed by atoms with Gasteiger partial charge in [0.15, 0.2) is 0 Å². The van der Waals surface area contributed by atoms with E-state index in [1.165, 1.54) is 39.1 Å². The lowest BCUT2D eigenvalue weighted by Crippen LogP contribution is -2.35. The summed E-state index contributed by atoms with van der Waals surface area (Å²) >= 11 is 0. The van der Waals surface area contributed by atoms with Crippen molar-refractivity contribution < 1.29 is 0 Å². The summed E-state index contributed by atoms with van der Waals surface area (Å²) in [4.78, 5) is 2.58. The van der Waals surface area contributed by atoms with E-state index in [1.807, 2.05) is 0 Å². The first kappa shape index (κ1) is 14.3. The molecule has 2 N–H and O–H groups in total. The highest BCUT2D eigenvalue weighted by molar-refractivity contribution is 5.12. The largest absolute Gasteiger partial charge is 0.315 e. The van der Waals surface area contributed by atoms with Crippen LogP contribution in [-0.2, 0) is 0 Å². The van der Waals surface area contributed by atoms with Gasteiger partial charge in [-0.15, -0.1) is 0 Å². The summed E-state index contributed by atoms with van der Waals surface area (Å²) in [5.74, 6) is 0.843. The summed E-state index contributed by atoms with van der Waals surface area (Å²) in [7, 11) is 0. The molecule has 0 amide bonds. The van der Waals surface area contributed by atoms with Crippen molar-refractivity contribution in [2.75, 3.05) is 45.8 Å². The van der Waals surface area contributed by atoms with E-state index < -0.39 is 0 Å². The molecule has 2 fully saturated rings. The van der Waals surface area contributed by atoms with Gasteiger partial charge >= 0.3 is 0 Å². The van der Waals surface area contributed by atoms with Crippen LogP contribution in [0.2, 0.25) is 0 Å². The second kappa shape index (κ2) is 5.48. The van der Waals surface area contributed by atoms with Crippen LogP contribution in [0.25, 0.3) is 0 Å². The molecule has 106 valence electrons. The van der Waals surface area contributed by atoms with Gasteiger partial charge in [0.25, 0.3) is 0 Å². The molecule has 18 heavy (non-hydrogen) atoms. The summed E-state index contributed by atoms with van der Waals surface area (Å²) < 4.78 is 0. The zero-order chi connectivity index (χ0) is 13.2. The molecule has 0 radical (unpaired) electrons. The van der Waals surface area contributed by atoms with Crippen LogP contribution in [0.5, 0.6) is 0 Å². The molecule has 2 rings (SSSR count). The molecule has 0 bridgehead atoms. The molecule has 0 atom stereocenters. The molecule has 0 aromatic heterocycles. The highest BCUT2D eigenvalue weighted by Crippen LogP contribution is 2.67. The van der Waals surface area contributed by atoms with Crippen LogP contribution >= 0.6 is 0 Å². The van der Waals surface area contributed by atoms with Gasteiger partial charge in [-0.05, 0) is 42.8 Å². The van der Waals surface area contributed by atoms with Crippen LogP contribution in [0.1, 0.15) is 34.1 Å². The first-order valence-electron chi connectivity index (χ1n) is 7.60. The summed E-state index contributed by atoms with van der Waals surface area (Å²) in [6, 6.07) is 0. The van der Waals surface area contributed by atoms with Crippen LogP contribution < -0.4 is 10.6 Å². The zero-order valence-corrected chi connectivity index (χ0v) is 12.7. The summed E-state index contributed by atoms with van der Waals surface area (Å²) in [5.41, 5.74) is 1.04. The fraction of sp³-hybridized carbons (Fsp3) is 1.00. The van der Waals surface area contributed by atoms with E-state index >= 15 is 0 Å². The second-order valence-corrected chi connectivity index (χ2v) is 7.15. The third-order valence-corrected chi connectivity index (χ3v) is 5.71. The third kappa shape index (κ3) is 2.89. The van der Waals surface area contributed by atoms with Crippen LogP contribution in [0.4, 0.5) is 0 Å². The number of hydrogen-bond donors (Lipinski definition) is 2. The van der Waals surface area contributed by atoms with Crippen molar-refractivity contribution >= 4 is 0 Å². The Hall–Kier alpha value is -0.120. The lowest BCUT2D eigenvalue weighted by Gasteiger charge is -2.19. The zero-order valence-electron chi connectivity index (χ0n) is 12.7. The molecule has 0 unspecified atom stereocenters. The number of nitrogens with one attached hydrogen (secondary N) is 2. The lowest BCUT2D eigenvalue weighted by atomic mass is 10.0. The van der Waals surface area contributed by atoms with Crippen molar-refractivity contribution in [2.24, 2.45) is 16.7 Å². The maximum Gasteiger partial charge on any atom is 0.0107 e. The van der Waals surface area contributed by atoms with E-state index in [4.69, 9.17) is 0 Å². The minimum absolute atomic E-state index is 0.520. The Bertz CT molecular complexity index is 251. The third-order valence-electron chi connectivity index (χ3n) is 5.71. The van der Waals surface area contributed by atoms with E-state index in [9.17, 15) is 0 Å². The van der Waals surface area contributed by atoms with Gasteiger partial charge in [0.05, 0.1) is 0 Å². The molecule has 1 aliphatic heterocycles. The molecule has 3 heteroatoms. The Labute approximate surface area is 113 Å². The minimum Gasteiger partial charge on any atom is -0.315 e. The van der Waals surface area contributed by atoms with Crippen molar-refractivity contribution in [1.29, 1.82) is 0 Å². The van der Waals surface area contributed by atoms with Gasteiger partial charge in [-0.2, -0.15) is 0 Å². The normalized spacial score (nSPS) is 28.0. The van der Waals surface area contributed by atoms with Gasteiger partial charge in [0.1, 0.15) is 0 Å². The Morgan fingerprint density at radius 1 is 1.11 bits per heavy atom. The SMILES string of the molecule is CC1(C)C(CNCCN2CCCNCC2)C1(C)C. The van der Waals surface area contributed by atoms with E-state index in [0.29, 0.717) is 10.8 Å². The number of nitrogens with zero attached hydrogens (tertiary/aromatic N) is 1. The maximum absolute atomic E-state index is 3.66. The van der Waals surface area contributed by atoms with Crippen LogP contribution in [0, 0.1) is 16.7 Å². The van der Waals surface area contributed by atoms with E-state index in [1.54, 1.807) is 0 Å². The second-order valence-electron chi connectivity index (χ2n) is 7.15. The minimum atomic E-state index is 0.520. The highest BCUT2D eigenvalue weighted by Gasteiger charge is 2.63. The van der Waals surface area contributed by atoms with Crippen molar-refractivity contribution in [2.45, 2.75) is 34.1 Å². The fourth-order valence-corrected chi connectivity index (χ4v) is 3.45. The predicted octanol–water partition coefficient (Wildman–Crippen LogP) is 1.55. The van der Waals surface area contributed by atoms with Gasteiger partial charge in [-0.3, -0.25) is 0 Å². The van der Waals surface area contributed by atoms with Crippen LogP contribution in [0.3, 0.4) is 0 Å². The van der Waals surface area contributed by atoms with Crippen molar-refractivity contribution in [3.05, 3.63) is 0 Å². The first-order valence-corrected chi connectivity index (χ1v) is 7.60. The average Bonchev–Trinajstić information content (AvgIpc) is 2.83. The van der Waals surface area contributed by atoms with E-state index in [-0.39, 0.29) is 0 Å². The Balaban J connectivity index is 1.59. The van der Waals surface area contributed by atoms with E-state index in [2.05, 4.69) is 43.2 Å². The van der Waals surface area contributed by atoms with Crippen molar-refractivity contribution in [1.82, 2.24) is 15.5 Å². The Morgan fingerprint density at radius 3 is 2.50 bits per heavy atom. The van der Waals surface area contributed by atoms with Crippen LogP contribution in [0.15, 0.2) is 0 Å². The average molecular weight is 253 g/mol. The molecule has 1 saturated heterocycles. The van der Waals surface area contributed by atoms with Crippen molar-refractivity contribution in [3.63, 3.8) is 0 Å². The lowest BCUT2D eigenvalue weighted by molar-refractivity contribution is 0.290. The molecule has 3 nitrogen and oxygen atoms in total. The molecular weight excluding hydrogens is 222 g/mol. The van der Waals surface area contributed by atoms with Gasteiger partial charge in [0, 0.05) is 26.2 Å². The molecule has 0 aromatic rings. The van der Waals surface area contributed by atoms with Crippen molar-refractivity contribution in [3.8, 4) is 0 Å². The number of rotatable bonds is 5. The van der Waals surface area contributed by atoms with Crippen LogP contribution in [-0.4, -0.2) is 50.7 Å². The summed E-state index contributed by atoms with van der Waals surface area (Å²) in [5, 5.41) is 7.12. The maximum atomic E-state index is 3.66. The smallest absolute Gasteiger partial charge is 0.0107 e. The predicted molar refractivity (Wildman–Crippen MR) is 77.8 cm³/mol. The highest BCUT2D eigenvalue weighted by atomic mass is 15.2. The standard InChI is InChI=1S/C15H31N3/c1-14(2)13(15(14,3)4)12-17-8-11-18-9-5-6-16-7-10-18/h13,16-17H,5-12H2,1-4H3. The number of hydrogen-bond acceptors (Lipinski definition) is 3. The monoisotopic (exact) mass is 253 g/mol.